The van der Waals surface area contributed by atoms with Crippen LogP contribution >= 0.6 is 0 Å². The topological polar surface area (TPSA) is 98.7 Å². The average molecular weight is 365 g/mol. The summed E-state index contributed by atoms with van der Waals surface area (Å²) < 4.78 is 0. The first-order valence-electron chi connectivity index (χ1n) is 8.41. The van der Waals surface area contributed by atoms with Gasteiger partial charge >= 0.3 is 0 Å². The van der Waals surface area contributed by atoms with Crippen LogP contribution in [0, 0.1) is 6.92 Å². The lowest BCUT2D eigenvalue weighted by Gasteiger charge is -2.13. The number of aliphatic hydroxyl groups is 1. The summed E-state index contributed by atoms with van der Waals surface area (Å²) in [5.74, 6) is -1.28. The van der Waals surface area contributed by atoms with Crippen LogP contribution in [0.5, 0.6) is 0 Å². The summed E-state index contributed by atoms with van der Waals surface area (Å²) in [6.45, 7) is 1.58. The lowest BCUT2D eigenvalue weighted by atomic mass is 10.1. The van der Waals surface area contributed by atoms with Crippen LogP contribution in [0.3, 0.4) is 0 Å². The van der Waals surface area contributed by atoms with E-state index in [-0.39, 0.29) is 24.8 Å². The number of rotatable bonds is 6. The van der Waals surface area contributed by atoms with Gasteiger partial charge in [0.15, 0.2) is 0 Å². The summed E-state index contributed by atoms with van der Waals surface area (Å²) in [6, 6.07) is 14.1. The zero-order chi connectivity index (χ0) is 19.4. The molecule has 1 aliphatic heterocycles. The van der Waals surface area contributed by atoms with Gasteiger partial charge in [0.2, 0.25) is 0 Å². The van der Waals surface area contributed by atoms with Crippen molar-refractivity contribution in [3.8, 4) is 0 Å². The van der Waals surface area contributed by atoms with Gasteiger partial charge < -0.3 is 15.7 Å². The van der Waals surface area contributed by atoms with Crippen LogP contribution in [-0.4, -0.2) is 40.9 Å². The molecule has 0 saturated heterocycles. The molecule has 0 unspecified atom stereocenters. The monoisotopic (exact) mass is 365 g/mol. The molecule has 1 heterocycles. The second-order valence-electron chi connectivity index (χ2n) is 6.11. The van der Waals surface area contributed by atoms with E-state index >= 15 is 0 Å². The van der Waals surface area contributed by atoms with E-state index in [1.54, 1.807) is 30.3 Å². The summed E-state index contributed by atoms with van der Waals surface area (Å²) >= 11 is 0. The van der Waals surface area contributed by atoms with Gasteiger partial charge in [-0.15, -0.1) is 0 Å². The number of nitrogens with one attached hydrogen (secondary N) is 2. The first kappa shape index (κ1) is 18.3. The van der Waals surface area contributed by atoms with E-state index < -0.39 is 11.8 Å². The lowest BCUT2D eigenvalue weighted by molar-refractivity contribution is -0.137. The fraction of sp³-hybridized carbons (Fsp3) is 0.150. The normalized spacial score (nSPS) is 13.6. The molecule has 0 aliphatic carbocycles. The SMILES string of the molecule is Cc1cccc(NC(=O)c2cccc(NC3=CC(=O)N(CCO)C3=O)c2)c1. The molecule has 7 nitrogen and oxygen atoms in total. The van der Waals surface area contributed by atoms with Crippen LogP contribution in [0.2, 0.25) is 0 Å². The number of hydrogen-bond acceptors (Lipinski definition) is 5. The molecule has 0 atom stereocenters. The number of benzene rings is 2. The molecular weight excluding hydrogens is 346 g/mol. The van der Waals surface area contributed by atoms with Gasteiger partial charge in [0.1, 0.15) is 5.70 Å². The van der Waals surface area contributed by atoms with E-state index in [1.807, 2.05) is 25.1 Å². The van der Waals surface area contributed by atoms with E-state index in [0.717, 1.165) is 10.5 Å². The Morgan fingerprint density at radius 3 is 2.56 bits per heavy atom. The smallest absolute Gasteiger partial charge is 0.277 e. The maximum absolute atomic E-state index is 12.5. The minimum atomic E-state index is -0.510. The zero-order valence-corrected chi connectivity index (χ0v) is 14.7. The van der Waals surface area contributed by atoms with Crippen LogP contribution in [0.4, 0.5) is 11.4 Å². The van der Waals surface area contributed by atoms with Crippen molar-refractivity contribution in [1.29, 1.82) is 0 Å². The molecule has 27 heavy (non-hydrogen) atoms. The Morgan fingerprint density at radius 2 is 1.81 bits per heavy atom. The van der Waals surface area contributed by atoms with Crippen molar-refractivity contribution >= 4 is 29.1 Å². The standard InChI is InChI=1S/C20H19N3O4/c1-13-4-2-6-15(10-13)22-19(26)14-5-3-7-16(11-14)21-17-12-18(25)23(8-9-24)20(17)27/h2-7,10-12,21,24H,8-9H2,1H3,(H,22,26). The van der Waals surface area contributed by atoms with Crippen molar-refractivity contribution in [3.63, 3.8) is 0 Å². The number of β-amino-alcohol motifs (C(OH)–C–C–N with tert-alkyl or cyclic N) is 1. The Morgan fingerprint density at radius 1 is 1.07 bits per heavy atom. The molecule has 0 bridgehead atoms. The molecule has 3 amide bonds. The van der Waals surface area contributed by atoms with Crippen molar-refractivity contribution in [1.82, 2.24) is 4.90 Å². The largest absolute Gasteiger partial charge is 0.395 e. The second kappa shape index (κ2) is 7.84. The van der Waals surface area contributed by atoms with Crippen molar-refractivity contribution in [2.75, 3.05) is 23.8 Å². The highest BCUT2D eigenvalue weighted by atomic mass is 16.3. The Balaban J connectivity index is 1.72. The fourth-order valence-corrected chi connectivity index (χ4v) is 2.73. The second-order valence-corrected chi connectivity index (χ2v) is 6.11. The summed E-state index contributed by atoms with van der Waals surface area (Å²) in [7, 11) is 0. The number of carbonyl (C=O) groups is 3. The van der Waals surface area contributed by atoms with E-state index in [1.165, 1.54) is 6.08 Å². The molecule has 3 rings (SSSR count). The summed E-state index contributed by atoms with van der Waals surface area (Å²) in [5.41, 5.74) is 2.74. The van der Waals surface area contributed by atoms with Gasteiger partial charge in [0, 0.05) is 23.0 Å². The van der Waals surface area contributed by atoms with Crippen molar-refractivity contribution in [2.24, 2.45) is 0 Å². The van der Waals surface area contributed by atoms with Gasteiger partial charge in [-0.2, -0.15) is 0 Å². The van der Waals surface area contributed by atoms with Crippen LogP contribution < -0.4 is 10.6 Å². The third-order valence-electron chi connectivity index (χ3n) is 4.01. The number of imide groups is 1. The average Bonchev–Trinajstić information content (AvgIpc) is 2.90. The molecule has 0 radical (unpaired) electrons. The highest BCUT2D eigenvalue weighted by Crippen LogP contribution is 2.19. The first-order valence-corrected chi connectivity index (χ1v) is 8.41. The van der Waals surface area contributed by atoms with Gasteiger partial charge in [-0.25, -0.2) is 0 Å². The van der Waals surface area contributed by atoms with E-state index in [0.29, 0.717) is 16.9 Å². The van der Waals surface area contributed by atoms with E-state index in [9.17, 15) is 14.4 Å². The van der Waals surface area contributed by atoms with Crippen molar-refractivity contribution < 1.29 is 19.5 Å². The maximum Gasteiger partial charge on any atom is 0.277 e. The van der Waals surface area contributed by atoms with Crippen LogP contribution in [0.15, 0.2) is 60.3 Å². The Hall–Kier alpha value is -3.45. The first-order chi connectivity index (χ1) is 13.0. The molecule has 0 fully saturated rings. The minimum Gasteiger partial charge on any atom is -0.395 e. The predicted octanol–water partition coefficient (Wildman–Crippen LogP) is 1.90. The van der Waals surface area contributed by atoms with Gasteiger partial charge in [-0.3, -0.25) is 19.3 Å². The number of amides is 3. The van der Waals surface area contributed by atoms with Crippen LogP contribution in [0.25, 0.3) is 0 Å². The molecule has 2 aromatic carbocycles. The van der Waals surface area contributed by atoms with E-state index in [4.69, 9.17) is 5.11 Å². The van der Waals surface area contributed by atoms with Crippen LogP contribution in [-0.2, 0) is 9.59 Å². The summed E-state index contributed by atoms with van der Waals surface area (Å²) in [5, 5.41) is 14.6. The van der Waals surface area contributed by atoms with E-state index in [2.05, 4.69) is 10.6 Å². The number of nitrogens with zero attached hydrogens (tertiary/aromatic N) is 1. The van der Waals surface area contributed by atoms with Crippen LogP contribution in [0.1, 0.15) is 15.9 Å². The molecule has 7 heteroatoms. The lowest BCUT2D eigenvalue weighted by Crippen LogP contribution is -2.34. The molecule has 2 aromatic rings. The molecule has 3 N–H and O–H groups in total. The number of hydrogen-bond donors (Lipinski definition) is 3. The van der Waals surface area contributed by atoms with Gasteiger partial charge in [-0.05, 0) is 42.8 Å². The third-order valence-corrected chi connectivity index (χ3v) is 4.01. The van der Waals surface area contributed by atoms with Gasteiger partial charge in [-0.1, -0.05) is 18.2 Å². The Bertz CT molecular complexity index is 936. The highest BCUT2D eigenvalue weighted by molar-refractivity contribution is 6.17. The minimum absolute atomic E-state index is 0.0573. The molecule has 0 saturated carbocycles. The molecule has 138 valence electrons. The molecule has 0 spiro atoms. The molecule has 1 aliphatic rings. The summed E-state index contributed by atoms with van der Waals surface area (Å²) in [6.07, 6.45) is 1.18. The third kappa shape index (κ3) is 4.21. The maximum atomic E-state index is 12.5. The van der Waals surface area contributed by atoms with Crippen molar-refractivity contribution in [2.45, 2.75) is 6.92 Å². The Kier molecular flexibility index (Phi) is 5.33. The number of carbonyl (C=O) groups excluding carboxylic acids is 3. The number of aryl methyl sites for hydroxylation is 1. The number of anilines is 2. The fourth-order valence-electron chi connectivity index (χ4n) is 2.73. The van der Waals surface area contributed by atoms with Gasteiger partial charge in [0.25, 0.3) is 17.7 Å². The highest BCUT2D eigenvalue weighted by Gasteiger charge is 2.30. The van der Waals surface area contributed by atoms with Gasteiger partial charge in [0.05, 0.1) is 13.2 Å². The zero-order valence-electron chi connectivity index (χ0n) is 14.7. The summed E-state index contributed by atoms with van der Waals surface area (Å²) in [4.78, 5) is 37.4. The number of aliphatic hydroxyl groups excluding tert-OH is 1. The Labute approximate surface area is 156 Å². The molecular formula is C20H19N3O4. The van der Waals surface area contributed by atoms with Crippen molar-refractivity contribution in [3.05, 3.63) is 71.4 Å². The predicted molar refractivity (Wildman–Crippen MR) is 101 cm³/mol. The molecule has 0 aromatic heterocycles. The quantitative estimate of drug-likeness (QED) is 0.679.